The molecule has 8 aromatic rings. The number of nitrogens with one attached hydrogen (secondary N) is 2. The molecule has 0 saturated carbocycles. The van der Waals surface area contributed by atoms with Gasteiger partial charge in [0.15, 0.2) is 0 Å². The molecule has 0 bridgehead atoms. The molecule has 2 atom stereocenters. The summed E-state index contributed by atoms with van der Waals surface area (Å²) in [6, 6.07) is 48.9. The Bertz CT molecular complexity index is 2350. The number of fused-ring (bicyclic) bond motifs is 6. The molecule has 2 aromatic heterocycles. The van der Waals surface area contributed by atoms with Gasteiger partial charge >= 0.3 is 0 Å². The maximum atomic E-state index is 6.59. The molecule has 0 aliphatic carbocycles. The van der Waals surface area contributed by atoms with Crippen LogP contribution in [0.5, 0.6) is 0 Å². The van der Waals surface area contributed by atoms with Gasteiger partial charge in [-0.1, -0.05) is 127 Å². The molecule has 2 N–H and O–H groups in total. The van der Waals surface area contributed by atoms with Crippen LogP contribution in [0.3, 0.4) is 0 Å². The summed E-state index contributed by atoms with van der Waals surface area (Å²) < 4.78 is 9.17. The third-order valence-corrected chi connectivity index (χ3v) is 9.82. The maximum Gasteiger partial charge on any atom is 0.143 e. The minimum atomic E-state index is -0.226. The zero-order valence-electron chi connectivity index (χ0n) is 23.7. The van der Waals surface area contributed by atoms with E-state index in [4.69, 9.17) is 9.41 Å². The molecule has 44 heavy (non-hydrogen) atoms. The Kier molecular flexibility index (Phi) is 5.86. The second-order valence-corrected chi connectivity index (χ2v) is 12.2. The summed E-state index contributed by atoms with van der Waals surface area (Å²) in [4.78, 5) is 5.29. The fourth-order valence-corrected chi connectivity index (χ4v) is 7.79. The van der Waals surface area contributed by atoms with E-state index in [0.29, 0.717) is 0 Å². The number of hydrogen-bond acceptors (Lipinski definition) is 5. The Morgan fingerprint density at radius 1 is 0.614 bits per heavy atom. The van der Waals surface area contributed by atoms with Gasteiger partial charge in [-0.25, -0.2) is 4.99 Å². The van der Waals surface area contributed by atoms with Crippen LogP contribution in [0, 0.1) is 0 Å². The highest BCUT2D eigenvalue weighted by Gasteiger charge is 2.29. The van der Waals surface area contributed by atoms with Crippen LogP contribution in [0.4, 0.5) is 0 Å². The molecule has 0 amide bonds. The zero-order valence-corrected chi connectivity index (χ0v) is 24.5. The fraction of sp³-hybridized carbons (Fsp3) is 0.0513. The number of hydrogen-bond donors (Lipinski definition) is 2. The van der Waals surface area contributed by atoms with Gasteiger partial charge < -0.3 is 9.73 Å². The maximum absolute atomic E-state index is 6.59. The topological polar surface area (TPSA) is 49.6 Å². The van der Waals surface area contributed by atoms with E-state index in [1.807, 2.05) is 23.5 Å². The number of benzene rings is 6. The highest BCUT2D eigenvalue weighted by molar-refractivity contribution is 7.26. The molecule has 2 unspecified atom stereocenters. The number of aliphatic imine (C=N–C) groups is 1. The van der Waals surface area contributed by atoms with Crippen LogP contribution in [0.25, 0.3) is 53.2 Å². The summed E-state index contributed by atoms with van der Waals surface area (Å²) in [5, 5.41) is 12.4. The standard InChI is InChI=1S/C39H27N3OS/c1-3-12-24(13-4-1)26-17-9-19-29-34-30(20-11-22-32(34)43-35(26)29)38-40-37(25-14-5-2-6-15-25)41-39(42-38)31-21-10-18-28-27-16-7-8-23-33(27)44-36(28)31/h1-23,37,39,41H,(H,40,42). The average molecular weight is 586 g/mol. The lowest BCUT2D eigenvalue weighted by Crippen LogP contribution is -2.45. The van der Waals surface area contributed by atoms with E-state index in [0.717, 1.165) is 50.0 Å². The molecule has 3 heterocycles. The van der Waals surface area contributed by atoms with Crippen LogP contribution in [-0.4, -0.2) is 5.84 Å². The molecule has 1 aliphatic heterocycles. The van der Waals surface area contributed by atoms with Gasteiger partial charge in [-0.3, -0.25) is 5.32 Å². The van der Waals surface area contributed by atoms with E-state index in [1.165, 1.54) is 25.7 Å². The lowest BCUT2D eigenvalue weighted by molar-refractivity contribution is 0.411. The van der Waals surface area contributed by atoms with E-state index >= 15 is 0 Å². The Hall–Kier alpha value is -5.23. The van der Waals surface area contributed by atoms with Crippen LogP contribution < -0.4 is 10.6 Å². The third kappa shape index (κ3) is 4.05. The molecular weight excluding hydrogens is 559 g/mol. The van der Waals surface area contributed by atoms with Gasteiger partial charge in [-0.15, -0.1) is 11.3 Å². The SMILES string of the molecule is c1ccc(-c2cccc3c2oc2cccc(C4=NC(c5ccccc5)NC(c5cccc6c5sc5ccccc56)N4)c23)cc1. The summed E-state index contributed by atoms with van der Waals surface area (Å²) in [5.41, 5.74) is 7.33. The normalized spacial score (nSPS) is 16.9. The average Bonchev–Trinajstić information content (AvgIpc) is 3.67. The molecule has 210 valence electrons. The molecule has 9 rings (SSSR count). The first-order valence-corrected chi connectivity index (χ1v) is 15.7. The van der Waals surface area contributed by atoms with Gasteiger partial charge in [0.05, 0.1) is 0 Å². The number of amidine groups is 1. The van der Waals surface area contributed by atoms with Gasteiger partial charge in [0, 0.05) is 47.6 Å². The zero-order chi connectivity index (χ0) is 29.0. The third-order valence-electron chi connectivity index (χ3n) is 8.59. The van der Waals surface area contributed by atoms with Crippen molar-refractivity contribution in [1.82, 2.24) is 10.6 Å². The minimum Gasteiger partial charge on any atom is -0.455 e. The van der Waals surface area contributed by atoms with Crippen molar-refractivity contribution in [1.29, 1.82) is 0 Å². The van der Waals surface area contributed by atoms with Crippen LogP contribution in [-0.2, 0) is 0 Å². The molecule has 6 aromatic carbocycles. The van der Waals surface area contributed by atoms with Crippen molar-refractivity contribution >= 4 is 59.3 Å². The predicted molar refractivity (Wildman–Crippen MR) is 183 cm³/mol. The van der Waals surface area contributed by atoms with Crippen molar-refractivity contribution in [3.63, 3.8) is 0 Å². The summed E-state index contributed by atoms with van der Waals surface area (Å²) in [5.74, 6) is 0.846. The first-order chi connectivity index (χ1) is 21.8. The van der Waals surface area contributed by atoms with Gasteiger partial charge in [-0.05, 0) is 23.3 Å². The van der Waals surface area contributed by atoms with Gasteiger partial charge in [-0.2, -0.15) is 0 Å². The van der Waals surface area contributed by atoms with Crippen molar-refractivity contribution in [3.05, 3.63) is 156 Å². The molecule has 4 nitrogen and oxygen atoms in total. The lowest BCUT2D eigenvalue weighted by atomic mass is 9.99. The van der Waals surface area contributed by atoms with E-state index in [-0.39, 0.29) is 12.3 Å². The first-order valence-electron chi connectivity index (χ1n) is 14.9. The summed E-state index contributed by atoms with van der Waals surface area (Å²) in [6.45, 7) is 0. The number of rotatable bonds is 4. The second-order valence-electron chi connectivity index (χ2n) is 11.2. The Balaban J connectivity index is 1.23. The van der Waals surface area contributed by atoms with Crippen LogP contribution in [0.15, 0.2) is 149 Å². The molecule has 0 saturated heterocycles. The number of nitrogens with zero attached hydrogens (tertiary/aromatic N) is 1. The van der Waals surface area contributed by atoms with Crippen LogP contribution in [0.1, 0.15) is 29.0 Å². The van der Waals surface area contributed by atoms with Crippen LogP contribution >= 0.6 is 11.3 Å². The smallest absolute Gasteiger partial charge is 0.143 e. The molecule has 0 fully saturated rings. The highest BCUT2D eigenvalue weighted by atomic mass is 32.1. The molecule has 5 heteroatoms. The molecule has 1 aliphatic rings. The fourth-order valence-electron chi connectivity index (χ4n) is 6.55. The molecule has 0 spiro atoms. The number of thiophene rings is 1. The van der Waals surface area contributed by atoms with Crippen molar-refractivity contribution < 1.29 is 4.42 Å². The summed E-state index contributed by atoms with van der Waals surface area (Å²) in [6.07, 6.45) is -0.381. The molecular formula is C39H27N3OS. The Morgan fingerprint density at radius 3 is 2.20 bits per heavy atom. The van der Waals surface area contributed by atoms with Crippen molar-refractivity contribution in [2.75, 3.05) is 0 Å². The molecule has 0 radical (unpaired) electrons. The minimum absolute atomic E-state index is 0.155. The van der Waals surface area contributed by atoms with E-state index in [9.17, 15) is 0 Å². The number of para-hydroxylation sites is 1. The van der Waals surface area contributed by atoms with Gasteiger partial charge in [0.25, 0.3) is 0 Å². The quantitative estimate of drug-likeness (QED) is 0.216. The Labute approximate surface area is 258 Å². The second kappa shape index (κ2) is 10.2. The monoisotopic (exact) mass is 585 g/mol. The highest BCUT2D eigenvalue weighted by Crippen LogP contribution is 2.40. The van der Waals surface area contributed by atoms with Gasteiger partial charge in [0.2, 0.25) is 0 Å². The van der Waals surface area contributed by atoms with Crippen LogP contribution in [0.2, 0.25) is 0 Å². The first kappa shape index (κ1) is 25.3. The van der Waals surface area contributed by atoms with Gasteiger partial charge in [0.1, 0.15) is 29.3 Å². The van der Waals surface area contributed by atoms with E-state index < -0.39 is 0 Å². The summed E-state index contributed by atoms with van der Waals surface area (Å²) >= 11 is 1.85. The van der Waals surface area contributed by atoms with Crippen molar-refractivity contribution in [2.45, 2.75) is 12.3 Å². The lowest BCUT2D eigenvalue weighted by Gasteiger charge is -2.32. The number of furan rings is 1. The predicted octanol–water partition coefficient (Wildman–Crippen LogP) is 9.96. The van der Waals surface area contributed by atoms with E-state index in [2.05, 4.69) is 138 Å². The Morgan fingerprint density at radius 2 is 1.32 bits per heavy atom. The summed E-state index contributed by atoms with van der Waals surface area (Å²) in [7, 11) is 0. The van der Waals surface area contributed by atoms with Crippen molar-refractivity contribution in [3.8, 4) is 11.1 Å². The van der Waals surface area contributed by atoms with Crippen molar-refractivity contribution in [2.24, 2.45) is 4.99 Å². The van der Waals surface area contributed by atoms with E-state index in [1.54, 1.807) is 0 Å². The largest absolute Gasteiger partial charge is 0.455 e.